The highest BCUT2D eigenvalue weighted by molar-refractivity contribution is 7.89. The van der Waals surface area contributed by atoms with Gasteiger partial charge in [-0.1, -0.05) is 0 Å². The largest absolute Gasteiger partial charge is 0.497 e. The molecule has 0 saturated carbocycles. The minimum Gasteiger partial charge on any atom is -0.497 e. The fourth-order valence-electron chi connectivity index (χ4n) is 2.85. The topological polar surface area (TPSA) is 104 Å². The highest BCUT2D eigenvalue weighted by Gasteiger charge is 2.20. The van der Waals surface area contributed by atoms with Crippen LogP contribution < -0.4 is 19.9 Å². The molecule has 2 aromatic carbocycles. The number of rotatable bonds is 8. The predicted octanol–water partition coefficient (Wildman–Crippen LogP) is 1.38. The molecule has 0 bridgehead atoms. The number of aromatic nitrogens is 3. The third kappa shape index (κ3) is 4.36. The third-order valence-corrected chi connectivity index (χ3v) is 5.90. The number of nitrogens with zero attached hydrogens (tertiary/aromatic N) is 3. The van der Waals surface area contributed by atoms with Crippen molar-refractivity contribution in [1.82, 2.24) is 19.1 Å². The maximum Gasteiger partial charge on any atom is 0.345 e. The Bertz CT molecular complexity index is 1200. The van der Waals surface area contributed by atoms with Gasteiger partial charge in [0.05, 0.1) is 20.8 Å². The van der Waals surface area contributed by atoms with Crippen molar-refractivity contribution in [2.75, 3.05) is 20.8 Å². The minimum atomic E-state index is -4.05. The molecule has 3 rings (SSSR count). The van der Waals surface area contributed by atoms with Crippen molar-refractivity contribution in [2.45, 2.75) is 11.4 Å². The van der Waals surface area contributed by atoms with Crippen molar-refractivity contribution < 1.29 is 22.3 Å². The number of sulfonamides is 1. The van der Waals surface area contributed by atoms with E-state index in [0.29, 0.717) is 17.1 Å². The Labute approximate surface area is 172 Å². The van der Waals surface area contributed by atoms with Crippen LogP contribution in [0, 0.1) is 5.82 Å². The van der Waals surface area contributed by atoms with E-state index in [1.54, 1.807) is 38.4 Å². The Kier molecular flexibility index (Phi) is 6.22. The maximum atomic E-state index is 13.5. The van der Waals surface area contributed by atoms with Crippen LogP contribution in [-0.4, -0.2) is 43.5 Å². The highest BCUT2D eigenvalue weighted by Crippen LogP contribution is 2.24. The van der Waals surface area contributed by atoms with Gasteiger partial charge in [-0.15, -0.1) is 5.10 Å². The molecule has 3 aromatic rings. The van der Waals surface area contributed by atoms with Crippen molar-refractivity contribution in [1.29, 1.82) is 0 Å². The predicted molar refractivity (Wildman–Crippen MR) is 108 cm³/mol. The van der Waals surface area contributed by atoms with E-state index in [9.17, 15) is 17.6 Å². The monoisotopic (exact) mass is 436 g/mol. The Balaban J connectivity index is 1.76. The first kappa shape index (κ1) is 21.5. The van der Waals surface area contributed by atoms with E-state index in [0.717, 1.165) is 16.8 Å². The lowest BCUT2D eigenvalue weighted by Crippen LogP contribution is -2.32. The summed E-state index contributed by atoms with van der Waals surface area (Å²) in [5, 5.41) is 4.28. The number of ether oxygens (including phenoxy) is 2. The summed E-state index contributed by atoms with van der Waals surface area (Å²) >= 11 is 0. The van der Waals surface area contributed by atoms with E-state index >= 15 is 0 Å². The second kappa shape index (κ2) is 8.67. The first-order valence-corrected chi connectivity index (χ1v) is 10.4. The Hall–Kier alpha value is -3.18. The molecule has 0 radical (unpaired) electrons. The summed E-state index contributed by atoms with van der Waals surface area (Å²) in [6.45, 7) is -0.138. The summed E-state index contributed by atoms with van der Waals surface area (Å²) in [5.41, 5.74) is 0.308. The van der Waals surface area contributed by atoms with E-state index in [2.05, 4.69) is 9.82 Å². The number of hydrogen-bond donors (Lipinski definition) is 1. The second-order valence-corrected chi connectivity index (χ2v) is 8.05. The lowest BCUT2D eigenvalue weighted by atomic mass is 10.2. The van der Waals surface area contributed by atoms with Gasteiger partial charge in [0.1, 0.15) is 22.2 Å². The molecule has 1 aromatic heterocycles. The van der Waals surface area contributed by atoms with Crippen LogP contribution in [0.1, 0.15) is 0 Å². The summed E-state index contributed by atoms with van der Waals surface area (Å²) in [5.74, 6) is 0.407. The molecule has 0 spiro atoms. The molecule has 160 valence electrons. The average molecular weight is 436 g/mol. The zero-order valence-corrected chi connectivity index (χ0v) is 17.4. The average Bonchev–Trinajstić information content (AvgIpc) is 3.02. The molecular weight excluding hydrogens is 415 g/mol. The van der Waals surface area contributed by atoms with E-state index in [-0.39, 0.29) is 23.7 Å². The van der Waals surface area contributed by atoms with Crippen LogP contribution in [-0.2, 0) is 23.6 Å². The first-order chi connectivity index (χ1) is 14.3. The zero-order valence-electron chi connectivity index (χ0n) is 16.6. The van der Waals surface area contributed by atoms with Crippen LogP contribution in [0.2, 0.25) is 0 Å². The van der Waals surface area contributed by atoms with E-state index in [1.165, 1.54) is 17.7 Å². The normalized spacial score (nSPS) is 11.5. The summed E-state index contributed by atoms with van der Waals surface area (Å²) in [6.07, 6.45) is 0. The molecule has 0 aliphatic rings. The third-order valence-electron chi connectivity index (χ3n) is 4.42. The van der Waals surface area contributed by atoms with Gasteiger partial charge in [0, 0.05) is 19.2 Å². The van der Waals surface area contributed by atoms with Gasteiger partial charge in [-0.2, -0.15) is 0 Å². The van der Waals surface area contributed by atoms with Crippen LogP contribution in [0.3, 0.4) is 0 Å². The van der Waals surface area contributed by atoms with Gasteiger partial charge in [-0.25, -0.2) is 27.0 Å². The van der Waals surface area contributed by atoms with Crippen molar-refractivity contribution in [2.24, 2.45) is 7.05 Å². The lowest BCUT2D eigenvalue weighted by Gasteiger charge is -2.10. The van der Waals surface area contributed by atoms with Gasteiger partial charge < -0.3 is 9.47 Å². The number of halogens is 1. The number of hydrogen-bond acceptors (Lipinski definition) is 6. The van der Waals surface area contributed by atoms with Crippen LogP contribution >= 0.6 is 0 Å². The summed E-state index contributed by atoms with van der Waals surface area (Å²) in [6, 6.07) is 10.2. The fraction of sp³-hybridized carbons (Fsp3) is 0.263. The Morgan fingerprint density at radius 1 is 1.10 bits per heavy atom. The molecule has 30 heavy (non-hydrogen) atoms. The van der Waals surface area contributed by atoms with Crippen molar-refractivity contribution in [3.05, 3.63) is 58.8 Å². The van der Waals surface area contributed by atoms with Gasteiger partial charge in [-0.3, -0.25) is 4.57 Å². The summed E-state index contributed by atoms with van der Waals surface area (Å²) in [7, 11) is 0.374. The van der Waals surface area contributed by atoms with E-state index in [1.807, 2.05) is 0 Å². The van der Waals surface area contributed by atoms with Crippen molar-refractivity contribution in [3.63, 3.8) is 0 Å². The molecular formula is C19H21FN4O5S. The molecule has 0 atom stereocenters. The smallest absolute Gasteiger partial charge is 0.345 e. The molecule has 9 nitrogen and oxygen atoms in total. The van der Waals surface area contributed by atoms with Crippen LogP contribution in [0.4, 0.5) is 4.39 Å². The van der Waals surface area contributed by atoms with Gasteiger partial charge >= 0.3 is 5.69 Å². The fourth-order valence-corrected chi connectivity index (χ4v) is 4.05. The van der Waals surface area contributed by atoms with Gasteiger partial charge in [0.2, 0.25) is 10.0 Å². The summed E-state index contributed by atoms with van der Waals surface area (Å²) < 4.78 is 53.5. The van der Waals surface area contributed by atoms with E-state index in [4.69, 9.17) is 9.47 Å². The summed E-state index contributed by atoms with van der Waals surface area (Å²) in [4.78, 5) is 12.1. The SMILES string of the molecule is COc1ccc(-c2nn(CCNS(=O)(=O)c3cc(F)ccc3OC)c(=O)n2C)cc1. The Morgan fingerprint density at radius 3 is 2.43 bits per heavy atom. The van der Waals surface area contributed by atoms with Gasteiger partial charge in [-0.05, 0) is 42.5 Å². The van der Waals surface area contributed by atoms with Gasteiger partial charge in [0.15, 0.2) is 5.82 Å². The number of benzene rings is 2. The van der Waals surface area contributed by atoms with Crippen molar-refractivity contribution in [3.8, 4) is 22.9 Å². The van der Waals surface area contributed by atoms with E-state index < -0.39 is 21.5 Å². The molecule has 0 fully saturated rings. The highest BCUT2D eigenvalue weighted by atomic mass is 32.2. The molecule has 0 saturated heterocycles. The van der Waals surface area contributed by atoms with Crippen LogP contribution in [0.25, 0.3) is 11.4 Å². The molecule has 0 amide bonds. The second-order valence-electron chi connectivity index (χ2n) is 6.31. The molecule has 1 N–H and O–H groups in total. The quantitative estimate of drug-likeness (QED) is 0.572. The lowest BCUT2D eigenvalue weighted by molar-refractivity contribution is 0.400. The maximum absolute atomic E-state index is 13.5. The molecule has 11 heteroatoms. The van der Waals surface area contributed by atoms with Gasteiger partial charge in [0.25, 0.3) is 0 Å². The molecule has 0 unspecified atom stereocenters. The van der Waals surface area contributed by atoms with Crippen LogP contribution in [0.15, 0.2) is 52.2 Å². The number of nitrogens with one attached hydrogen (secondary N) is 1. The van der Waals surface area contributed by atoms with Crippen molar-refractivity contribution >= 4 is 10.0 Å². The zero-order chi connectivity index (χ0) is 21.9. The molecule has 0 aliphatic carbocycles. The first-order valence-electron chi connectivity index (χ1n) is 8.88. The molecule has 0 aliphatic heterocycles. The standard InChI is InChI=1S/C19H21FN4O5S/c1-23-18(13-4-7-15(28-2)8-5-13)22-24(19(23)25)11-10-21-30(26,27)17-12-14(20)6-9-16(17)29-3/h4-9,12,21H,10-11H2,1-3H3. The molecule has 1 heterocycles. The minimum absolute atomic E-state index is 0.0142. The number of methoxy groups -OCH3 is 2. The van der Waals surface area contributed by atoms with Crippen LogP contribution in [0.5, 0.6) is 11.5 Å². The Morgan fingerprint density at radius 2 is 1.80 bits per heavy atom.